The summed E-state index contributed by atoms with van der Waals surface area (Å²) >= 11 is 0. The van der Waals surface area contributed by atoms with Gasteiger partial charge in [0.2, 0.25) is 0 Å². The SMILES string of the molecule is CCOc1nc2ccc(Nc3ccc(C)nn3)cc2n1COCC[Si](C)(C)C. The Hall–Kier alpha value is -2.45. The van der Waals surface area contributed by atoms with Gasteiger partial charge in [0.05, 0.1) is 23.3 Å². The molecule has 0 spiro atoms. The van der Waals surface area contributed by atoms with E-state index in [1.165, 1.54) is 0 Å². The number of hydrogen-bond acceptors (Lipinski definition) is 6. The lowest BCUT2D eigenvalue weighted by atomic mass is 10.2. The van der Waals surface area contributed by atoms with E-state index in [1.54, 1.807) is 0 Å². The molecule has 0 amide bonds. The number of aromatic nitrogens is 4. The van der Waals surface area contributed by atoms with Gasteiger partial charge in [-0.3, -0.25) is 4.57 Å². The molecule has 8 heteroatoms. The number of fused-ring (bicyclic) bond motifs is 1. The van der Waals surface area contributed by atoms with Crippen molar-refractivity contribution in [3.05, 3.63) is 36.0 Å². The normalized spacial score (nSPS) is 11.8. The maximum Gasteiger partial charge on any atom is 0.299 e. The van der Waals surface area contributed by atoms with Crippen LogP contribution in [0.1, 0.15) is 12.6 Å². The Morgan fingerprint density at radius 2 is 1.93 bits per heavy atom. The van der Waals surface area contributed by atoms with Crippen molar-refractivity contribution in [2.24, 2.45) is 0 Å². The van der Waals surface area contributed by atoms with Gasteiger partial charge in [-0.1, -0.05) is 19.6 Å². The number of aryl methyl sites for hydroxylation is 1. The van der Waals surface area contributed by atoms with Crippen molar-refractivity contribution >= 4 is 30.6 Å². The first-order valence-corrected chi connectivity index (χ1v) is 13.3. The topological polar surface area (TPSA) is 74.1 Å². The third-order valence-electron chi connectivity index (χ3n) is 4.27. The Labute approximate surface area is 167 Å². The largest absolute Gasteiger partial charge is 0.465 e. The predicted octanol–water partition coefficient (Wildman–Crippen LogP) is 4.59. The first-order valence-electron chi connectivity index (χ1n) is 9.64. The first kappa shape index (κ1) is 20.3. The van der Waals surface area contributed by atoms with Crippen molar-refractivity contribution in [2.45, 2.75) is 46.3 Å². The molecule has 0 aliphatic carbocycles. The number of benzene rings is 1. The molecule has 7 nitrogen and oxygen atoms in total. The highest BCUT2D eigenvalue weighted by Gasteiger charge is 2.15. The maximum absolute atomic E-state index is 5.96. The molecule has 0 saturated carbocycles. The monoisotopic (exact) mass is 399 g/mol. The van der Waals surface area contributed by atoms with Crippen LogP contribution in [-0.4, -0.2) is 41.0 Å². The van der Waals surface area contributed by atoms with Gasteiger partial charge in [0.25, 0.3) is 6.01 Å². The lowest BCUT2D eigenvalue weighted by Gasteiger charge is -2.16. The molecule has 150 valence electrons. The second-order valence-electron chi connectivity index (χ2n) is 7.99. The average molecular weight is 400 g/mol. The van der Waals surface area contributed by atoms with Crippen LogP contribution in [0.15, 0.2) is 30.3 Å². The van der Waals surface area contributed by atoms with Crippen LogP contribution in [0.25, 0.3) is 11.0 Å². The molecular weight excluding hydrogens is 370 g/mol. The summed E-state index contributed by atoms with van der Waals surface area (Å²) in [5.74, 6) is 0.701. The molecule has 2 heterocycles. The molecule has 3 rings (SSSR count). The molecule has 0 fully saturated rings. The van der Waals surface area contributed by atoms with Gasteiger partial charge in [-0.05, 0) is 50.2 Å². The number of imidazole rings is 1. The van der Waals surface area contributed by atoms with E-state index in [1.807, 2.05) is 48.7 Å². The van der Waals surface area contributed by atoms with Gasteiger partial charge in [0.15, 0.2) is 5.82 Å². The van der Waals surface area contributed by atoms with Gasteiger partial charge in [-0.2, -0.15) is 10.1 Å². The van der Waals surface area contributed by atoms with Crippen LogP contribution in [0.5, 0.6) is 6.01 Å². The lowest BCUT2D eigenvalue weighted by molar-refractivity contribution is 0.0822. The highest BCUT2D eigenvalue weighted by atomic mass is 28.3. The van der Waals surface area contributed by atoms with Gasteiger partial charge in [0, 0.05) is 20.4 Å². The van der Waals surface area contributed by atoms with E-state index >= 15 is 0 Å². The second kappa shape index (κ2) is 8.70. The minimum Gasteiger partial charge on any atom is -0.465 e. The van der Waals surface area contributed by atoms with Crippen LogP contribution >= 0.6 is 0 Å². The number of ether oxygens (including phenoxy) is 2. The van der Waals surface area contributed by atoms with Crippen molar-refractivity contribution in [3.63, 3.8) is 0 Å². The van der Waals surface area contributed by atoms with Gasteiger partial charge >= 0.3 is 0 Å². The van der Waals surface area contributed by atoms with Crippen LogP contribution in [0.3, 0.4) is 0 Å². The van der Waals surface area contributed by atoms with Gasteiger partial charge in [0.1, 0.15) is 6.73 Å². The van der Waals surface area contributed by atoms with E-state index < -0.39 is 8.07 Å². The molecule has 0 saturated heterocycles. The van der Waals surface area contributed by atoms with Crippen LogP contribution in [-0.2, 0) is 11.5 Å². The molecule has 1 aromatic carbocycles. The van der Waals surface area contributed by atoms with Crippen LogP contribution in [0.2, 0.25) is 25.7 Å². The summed E-state index contributed by atoms with van der Waals surface area (Å²) in [5.41, 5.74) is 3.63. The zero-order valence-electron chi connectivity index (χ0n) is 17.3. The average Bonchev–Trinajstić information content (AvgIpc) is 2.97. The number of rotatable bonds is 9. The standard InChI is InChI=1S/C20H29N5O2Si/c1-6-27-20-22-17-9-8-16(21-19-10-7-15(2)23-24-19)13-18(17)25(20)14-26-11-12-28(3,4)5/h7-10,13H,6,11-12,14H2,1-5H3,(H,21,24). The predicted molar refractivity (Wildman–Crippen MR) is 115 cm³/mol. The molecule has 0 bridgehead atoms. The van der Waals surface area contributed by atoms with E-state index in [-0.39, 0.29) is 0 Å². The zero-order valence-corrected chi connectivity index (χ0v) is 18.3. The lowest BCUT2D eigenvalue weighted by Crippen LogP contribution is -2.22. The molecule has 1 N–H and O–H groups in total. The summed E-state index contributed by atoms with van der Waals surface area (Å²) in [7, 11) is -1.12. The summed E-state index contributed by atoms with van der Waals surface area (Å²) in [6, 6.07) is 11.5. The van der Waals surface area contributed by atoms with Crippen LogP contribution in [0, 0.1) is 6.92 Å². The summed E-state index contributed by atoms with van der Waals surface area (Å²) in [4.78, 5) is 4.60. The molecule has 0 unspecified atom stereocenters. The first-order chi connectivity index (χ1) is 13.4. The fraction of sp³-hybridized carbons (Fsp3) is 0.450. The Morgan fingerprint density at radius 3 is 2.61 bits per heavy atom. The van der Waals surface area contributed by atoms with Crippen LogP contribution < -0.4 is 10.1 Å². The molecular formula is C20H29N5O2Si. The van der Waals surface area contributed by atoms with Crippen molar-refractivity contribution in [1.82, 2.24) is 19.7 Å². The minimum atomic E-state index is -1.12. The maximum atomic E-state index is 5.96. The fourth-order valence-corrected chi connectivity index (χ4v) is 3.45. The number of nitrogens with one attached hydrogen (secondary N) is 1. The van der Waals surface area contributed by atoms with E-state index in [0.717, 1.165) is 35.1 Å². The van der Waals surface area contributed by atoms with Crippen LogP contribution in [0.4, 0.5) is 11.5 Å². The summed E-state index contributed by atoms with van der Waals surface area (Å²) in [6.45, 7) is 12.6. The van der Waals surface area contributed by atoms with Crippen molar-refractivity contribution < 1.29 is 9.47 Å². The van der Waals surface area contributed by atoms with Gasteiger partial charge in [-0.25, -0.2) is 0 Å². The smallest absolute Gasteiger partial charge is 0.299 e. The molecule has 0 atom stereocenters. The Kier molecular flexibility index (Phi) is 6.30. The molecule has 0 aliphatic rings. The summed E-state index contributed by atoms with van der Waals surface area (Å²) in [5, 5.41) is 11.5. The second-order valence-corrected chi connectivity index (χ2v) is 13.6. The molecule has 28 heavy (non-hydrogen) atoms. The van der Waals surface area contributed by atoms with Crippen molar-refractivity contribution in [3.8, 4) is 6.01 Å². The summed E-state index contributed by atoms with van der Waals surface area (Å²) in [6.07, 6.45) is 0. The summed E-state index contributed by atoms with van der Waals surface area (Å²) < 4.78 is 13.7. The highest BCUT2D eigenvalue weighted by Crippen LogP contribution is 2.26. The Morgan fingerprint density at radius 1 is 1.11 bits per heavy atom. The molecule has 3 aromatic rings. The number of anilines is 2. The van der Waals surface area contributed by atoms with E-state index in [2.05, 4.69) is 40.1 Å². The van der Waals surface area contributed by atoms with E-state index in [0.29, 0.717) is 25.2 Å². The minimum absolute atomic E-state index is 0.421. The molecule has 0 aliphatic heterocycles. The van der Waals surface area contributed by atoms with E-state index in [4.69, 9.17) is 9.47 Å². The van der Waals surface area contributed by atoms with E-state index in [9.17, 15) is 0 Å². The number of nitrogens with zero attached hydrogens (tertiary/aromatic N) is 4. The fourth-order valence-electron chi connectivity index (χ4n) is 2.69. The number of hydrogen-bond donors (Lipinski definition) is 1. The van der Waals surface area contributed by atoms with Crippen molar-refractivity contribution in [1.29, 1.82) is 0 Å². The third kappa shape index (κ3) is 5.29. The highest BCUT2D eigenvalue weighted by molar-refractivity contribution is 6.76. The zero-order chi connectivity index (χ0) is 20.1. The third-order valence-corrected chi connectivity index (χ3v) is 5.98. The Balaban J connectivity index is 1.82. The quantitative estimate of drug-likeness (QED) is 0.419. The molecule has 0 radical (unpaired) electrons. The van der Waals surface area contributed by atoms with Gasteiger partial charge in [-0.15, -0.1) is 5.10 Å². The van der Waals surface area contributed by atoms with Crippen molar-refractivity contribution in [2.75, 3.05) is 18.5 Å². The van der Waals surface area contributed by atoms with Gasteiger partial charge < -0.3 is 14.8 Å². The Bertz CT molecular complexity index is 919. The molecule has 2 aromatic heterocycles.